The van der Waals surface area contributed by atoms with Gasteiger partial charge in [-0.1, -0.05) is 19.9 Å². The van der Waals surface area contributed by atoms with E-state index in [4.69, 9.17) is 4.74 Å². The van der Waals surface area contributed by atoms with Gasteiger partial charge in [-0.25, -0.2) is 0 Å². The lowest BCUT2D eigenvalue weighted by Gasteiger charge is -2.52. The van der Waals surface area contributed by atoms with Crippen LogP contribution in [0.5, 0.6) is 0 Å². The van der Waals surface area contributed by atoms with Gasteiger partial charge in [0, 0.05) is 0 Å². The molecular formula is C15H24O2. The van der Waals surface area contributed by atoms with E-state index in [1.54, 1.807) is 0 Å². The van der Waals surface area contributed by atoms with Crippen LogP contribution in [0, 0.1) is 11.3 Å². The van der Waals surface area contributed by atoms with Gasteiger partial charge in [0.15, 0.2) is 0 Å². The maximum Gasteiger partial charge on any atom is 0.0924 e. The molecule has 0 radical (unpaired) electrons. The van der Waals surface area contributed by atoms with E-state index in [0.29, 0.717) is 5.92 Å². The number of ether oxygens (including phenoxy) is 1. The third-order valence-corrected chi connectivity index (χ3v) is 5.19. The van der Waals surface area contributed by atoms with E-state index in [0.717, 1.165) is 25.7 Å². The molecule has 0 aromatic heterocycles. The van der Waals surface area contributed by atoms with Gasteiger partial charge in [-0.05, 0) is 56.4 Å². The van der Waals surface area contributed by atoms with Gasteiger partial charge in [-0.15, -0.1) is 0 Å². The number of aliphatic hydroxyl groups is 1. The molecule has 2 bridgehead atoms. The summed E-state index contributed by atoms with van der Waals surface area (Å²) in [4.78, 5) is 0. The fourth-order valence-corrected chi connectivity index (χ4v) is 4.50. The van der Waals surface area contributed by atoms with Crippen molar-refractivity contribution >= 4 is 0 Å². The minimum Gasteiger partial charge on any atom is -0.387 e. The van der Waals surface area contributed by atoms with Gasteiger partial charge in [0.2, 0.25) is 0 Å². The molecule has 2 aliphatic heterocycles. The topological polar surface area (TPSA) is 29.5 Å². The van der Waals surface area contributed by atoms with Crippen molar-refractivity contribution in [2.24, 2.45) is 11.3 Å². The number of fused-ring (bicyclic) bond motifs is 1. The van der Waals surface area contributed by atoms with E-state index >= 15 is 0 Å². The fraction of sp³-hybridized carbons (Fsp3) is 0.867. The van der Waals surface area contributed by atoms with Gasteiger partial charge in [0.05, 0.1) is 17.3 Å². The average Bonchev–Trinajstić information content (AvgIpc) is 2.54. The van der Waals surface area contributed by atoms with Crippen LogP contribution in [0.2, 0.25) is 0 Å². The summed E-state index contributed by atoms with van der Waals surface area (Å²) in [6, 6.07) is 0. The number of allylic oxidation sites excluding steroid dienone is 1. The highest BCUT2D eigenvalue weighted by Crippen LogP contribution is 2.58. The minimum absolute atomic E-state index is 0.0393. The third kappa shape index (κ3) is 1.53. The van der Waals surface area contributed by atoms with Crippen molar-refractivity contribution in [1.82, 2.24) is 0 Å². The van der Waals surface area contributed by atoms with Crippen LogP contribution < -0.4 is 0 Å². The summed E-state index contributed by atoms with van der Waals surface area (Å²) in [7, 11) is 0. The van der Waals surface area contributed by atoms with Crippen LogP contribution >= 0.6 is 0 Å². The molecule has 0 saturated carbocycles. The summed E-state index contributed by atoms with van der Waals surface area (Å²) in [5.41, 5.74) is 0.979. The summed E-state index contributed by atoms with van der Waals surface area (Å²) >= 11 is 0. The fourth-order valence-electron chi connectivity index (χ4n) is 4.50. The summed E-state index contributed by atoms with van der Waals surface area (Å²) in [6.07, 6.45) is 6.57. The quantitative estimate of drug-likeness (QED) is 0.655. The molecule has 0 amide bonds. The Morgan fingerprint density at radius 3 is 2.71 bits per heavy atom. The maximum atomic E-state index is 10.5. The second kappa shape index (κ2) is 3.16. The molecule has 1 aliphatic carbocycles. The van der Waals surface area contributed by atoms with Crippen LogP contribution in [0.15, 0.2) is 11.6 Å². The Morgan fingerprint density at radius 1 is 1.29 bits per heavy atom. The monoisotopic (exact) mass is 236 g/mol. The predicted octanol–water partition coefficient (Wildman–Crippen LogP) is 3.05. The number of hydrogen-bond donors (Lipinski definition) is 1. The molecular weight excluding hydrogens is 212 g/mol. The first kappa shape index (κ1) is 11.7. The van der Waals surface area contributed by atoms with Gasteiger partial charge in [-0.2, -0.15) is 0 Å². The van der Waals surface area contributed by atoms with E-state index in [-0.39, 0.29) is 17.1 Å². The van der Waals surface area contributed by atoms with Crippen LogP contribution in [0.1, 0.15) is 53.4 Å². The first-order chi connectivity index (χ1) is 7.75. The Balaban J connectivity index is 2.04. The van der Waals surface area contributed by atoms with Gasteiger partial charge in [0.1, 0.15) is 0 Å². The summed E-state index contributed by atoms with van der Waals surface area (Å²) < 4.78 is 6.29. The lowest BCUT2D eigenvalue weighted by atomic mass is 9.62. The van der Waals surface area contributed by atoms with E-state index in [9.17, 15) is 5.11 Å². The molecule has 3 aliphatic rings. The minimum atomic E-state index is -0.627. The lowest BCUT2D eigenvalue weighted by molar-refractivity contribution is -0.196. The van der Waals surface area contributed by atoms with E-state index < -0.39 is 5.60 Å². The Bertz CT molecular complexity index is 380. The Labute approximate surface area is 104 Å². The zero-order valence-corrected chi connectivity index (χ0v) is 11.4. The van der Waals surface area contributed by atoms with Crippen molar-refractivity contribution in [2.75, 3.05) is 0 Å². The smallest absolute Gasteiger partial charge is 0.0924 e. The van der Waals surface area contributed by atoms with E-state index in [1.165, 1.54) is 5.57 Å². The van der Waals surface area contributed by atoms with Crippen LogP contribution in [0.4, 0.5) is 0 Å². The second-order valence-electron chi connectivity index (χ2n) is 7.31. The molecule has 2 saturated heterocycles. The number of hydrogen-bond acceptors (Lipinski definition) is 2. The van der Waals surface area contributed by atoms with Crippen LogP contribution in [0.3, 0.4) is 0 Å². The molecule has 0 unspecified atom stereocenters. The third-order valence-electron chi connectivity index (χ3n) is 5.19. The molecule has 0 aromatic carbocycles. The van der Waals surface area contributed by atoms with Crippen molar-refractivity contribution in [2.45, 2.75) is 70.7 Å². The molecule has 96 valence electrons. The highest BCUT2D eigenvalue weighted by Gasteiger charge is 2.60. The molecule has 2 heterocycles. The Morgan fingerprint density at radius 2 is 2.00 bits per heavy atom. The van der Waals surface area contributed by atoms with Crippen LogP contribution in [-0.4, -0.2) is 22.4 Å². The molecule has 1 N–H and O–H groups in total. The van der Waals surface area contributed by atoms with Gasteiger partial charge in [0.25, 0.3) is 0 Å². The van der Waals surface area contributed by atoms with Gasteiger partial charge < -0.3 is 9.84 Å². The standard InChI is InChI=1S/C15H24O2/c1-10-7-13(2,3)8-11-9-14(4,16)12-5-6-15(10,11)17-12/h7,11-12,16H,5-6,8-9H2,1-4H3/t11-,12+,14+,15+/m1/s1. The normalized spacial score (nSPS) is 51.9. The van der Waals surface area contributed by atoms with Crippen LogP contribution in [-0.2, 0) is 4.74 Å². The SMILES string of the molecule is CC1=CC(C)(C)C[C@@H]2C[C@](C)(O)[C@@H]3CC[C@]12O3. The Kier molecular flexibility index (Phi) is 2.18. The number of rotatable bonds is 0. The summed E-state index contributed by atoms with van der Waals surface area (Å²) in [5, 5.41) is 10.5. The zero-order valence-electron chi connectivity index (χ0n) is 11.4. The lowest BCUT2D eigenvalue weighted by Crippen LogP contribution is -2.55. The van der Waals surface area contributed by atoms with Crippen molar-refractivity contribution in [3.8, 4) is 0 Å². The Hall–Kier alpha value is -0.340. The van der Waals surface area contributed by atoms with Gasteiger partial charge in [-0.3, -0.25) is 0 Å². The zero-order chi connectivity index (χ0) is 12.5. The van der Waals surface area contributed by atoms with Gasteiger partial charge >= 0.3 is 0 Å². The molecule has 3 rings (SSSR count). The molecule has 2 heteroatoms. The van der Waals surface area contributed by atoms with Crippen LogP contribution in [0.25, 0.3) is 0 Å². The van der Waals surface area contributed by atoms with E-state index in [1.807, 2.05) is 6.92 Å². The summed E-state index contributed by atoms with van der Waals surface area (Å²) in [6.45, 7) is 8.75. The summed E-state index contributed by atoms with van der Waals surface area (Å²) in [5.74, 6) is 0.483. The molecule has 1 spiro atoms. The largest absolute Gasteiger partial charge is 0.387 e. The predicted molar refractivity (Wildman–Crippen MR) is 67.7 cm³/mol. The maximum absolute atomic E-state index is 10.5. The van der Waals surface area contributed by atoms with Crippen molar-refractivity contribution in [3.63, 3.8) is 0 Å². The van der Waals surface area contributed by atoms with E-state index in [2.05, 4.69) is 26.8 Å². The molecule has 2 nitrogen and oxygen atoms in total. The first-order valence-electron chi connectivity index (χ1n) is 6.85. The highest BCUT2D eigenvalue weighted by atomic mass is 16.5. The molecule has 4 atom stereocenters. The van der Waals surface area contributed by atoms with Crippen molar-refractivity contribution in [3.05, 3.63) is 11.6 Å². The molecule has 0 aromatic rings. The van der Waals surface area contributed by atoms with Crippen molar-refractivity contribution < 1.29 is 9.84 Å². The first-order valence-corrected chi connectivity index (χ1v) is 6.85. The highest BCUT2D eigenvalue weighted by molar-refractivity contribution is 5.29. The van der Waals surface area contributed by atoms with Crippen molar-refractivity contribution in [1.29, 1.82) is 0 Å². The second-order valence-corrected chi connectivity index (χ2v) is 7.31. The average molecular weight is 236 g/mol. The molecule has 17 heavy (non-hydrogen) atoms. The molecule has 2 fully saturated rings.